The van der Waals surface area contributed by atoms with Crippen molar-refractivity contribution in [3.05, 3.63) is 46.9 Å². The molecule has 1 aliphatic rings. The number of methoxy groups -OCH3 is 1. The molecule has 1 heterocycles. The minimum Gasteiger partial charge on any atom is -0.497 e. The smallest absolute Gasteiger partial charge is 0.264 e. The zero-order valence-corrected chi connectivity index (χ0v) is 10.6. The first-order valence-corrected chi connectivity index (χ1v) is 6.11. The number of hydrogen-bond acceptors (Lipinski definition) is 4. The molecule has 92 valence electrons. The Balaban J connectivity index is 2.04. The van der Waals surface area contributed by atoms with E-state index in [-0.39, 0.29) is 11.1 Å². The number of carbonyl (C=O) groups excluding carboxylic acids is 1. The number of amides is 1. The average molecular weight is 260 g/mol. The molecular weight excluding hydrogens is 248 g/mol. The van der Waals surface area contributed by atoms with Gasteiger partial charge in [-0.15, -0.1) is 0 Å². The first-order valence-electron chi connectivity index (χ1n) is 5.29. The van der Waals surface area contributed by atoms with Crippen LogP contribution in [-0.4, -0.2) is 18.2 Å². The molecule has 4 nitrogen and oxygen atoms in total. The highest BCUT2D eigenvalue weighted by Gasteiger charge is 2.21. The maximum atomic E-state index is 11.3. The van der Waals surface area contributed by atoms with Gasteiger partial charge in [0.15, 0.2) is 5.17 Å². The monoisotopic (exact) mass is 260 g/mol. The molecule has 0 atom stereocenters. The van der Waals surface area contributed by atoms with E-state index in [1.54, 1.807) is 19.3 Å². The van der Waals surface area contributed by atoms with Gasteiger partial charge >= 0.3 is 0 Å². The Morgan fingerprint density at radius 1 is 1.33 bits per heavy atom. The van der Waals surface area contributed by atoms with E-state index in [9.17, 15) is 4.79 Å². The Hall–Kier alpha value is -2.01. The molecule has 1 aromatic rings. The van der Waals surface area contributed by atoms with Gasteiger partial charge in [0.2, 0.25) is 0 Å². The van der Waals surface area contributed by atoms with Crippen molar-refractivity contribution >= 4 is 28.9 Å². The standard InChI is InChI=1S/C13H12N2O2S/c1-17-10-7-5-9(6-8-10)3-2-4-11-12(16)15-13(14)18-11/h2-8H,1H3,(H2,14,15,16). The van der Waals surface area contributed by atoms with Gasteiger partial charge in [0.05, 0.1) is 12.0 Å². The van der Waals surface area contributed by atoms with E-state index >= 15 is 0 Å². The van der Waals surface area contributed by atoms with Crippen LogP contribution < -0.4 is 10.1 Å². The predicted octanol–water partition coefficient (Wildman–Crippen LogP) is 2.39. The van der Waals surface area contributed by atoms with Crippen LogP contribution in [0.2, 0.25) is 0 Å². The average Bonchev–Trinajstić information content (AvgIpc) is 2.69. The van der Waals surface area contributed by atoms with E-state index in [1.807, 2.05) is 30.3 Å². The lowest BCUT2D eigenvalue weighted by Crippen LogP contribution is -2.18. The third-order valence-corrected chi connectivity index (χ3v) is 3.16. The van der Waals surface area contributed by atoms with E-state index in [0.717, 1.165) is 23.1 Å². The Morgan fingerprint density at radius 2 is 2.06 bits per heavy atom. The van der Waals surface area contributed by atoms with E-state index < -0.39 is 0 Å². The number of nitrogens with one attached hydrogen (secondary N) is 2. The van der Waals surface area contributed by atoms with Crippen LogP contribution in [0.25, 0.3) is 6.08 Å². The van der Waals surface area contributed by atoms with Gasteiger partial charge in [-0.1, -0.05) is 24.3 Å². The summed E-state index contributed by atoms with van der Waals surface area (Å²) in [4.78, 5) is 11.9. The maximum absolute atomic E-state index is 11.3. The minimum atomic E-state index is -0.218. The summed E-state index contributed by atoms with van der Waals surface area (Å²) in [7, 11) is 1.63. The third-order valence-electron chi connectivity index (χ3n) is 2.31. The van der Waals surface area contributed by atoms with Crippen molar-refractivity contribution in [2.75, 3.05) is 7.11 Å². The Morgan fingerprint density at radius 3 is 2.61 bits per heavy atom. The van der Waals surface area contributed by atoms with Crippen LogP contribution in [0.4, 0.5) is 0 Å². The topological polar surface area (TPSA) is 62.2 Å². The maximum Gasteiger partial charge on any atom is 0.264 e. The predicted molar refractivity (Wildman–Crippen MR) is 73.6 cm³/mol. The molecule has 0 bridgehead atoms. The number of benzene rings is 1. The van der Waals surface area contributed by atoms with Crippen LogP contribution in [0, 0.1) is 5.41 Å². The lowest BCUT2D eigenvalue weighted by atomic mass is 10.2. The number of carbonyl (C=O) groups is 1. The van der Waals surface area contributed by atoms with Crippen LogP contribution in [0.5, 0.6) is 5.75 Å². The SMILES string of the molecule is COc1ccc(C=CC=C2SC(=N)NC2=O)cc1. The van der Waals surface area contributed by atoms with Gasteiger partial charge in [0.1, 0.15) is 5.75 Å². The third kappa shape index (κ3) is 3.01. The highest BCUT2D eigenvalue weighted by molar-refractivity contribution is 8.18. The molecule has 1 aliphatic heterocycles. The highest BCUT2D eigenvalue weighted by Crippen LogP contribution is 2.22. The quantitative estimate of drug-likeness (QED) is 0.820. The number of rotatable bonds is 3. The van der Waals surface area contributed by atoms with E-state index in [2.05, 4.69) is 5.32 Å². The molecular formula is C13H12N2O2S. The molecule has 1 amide bonds. The largest absolute Gasteiger partial charge is 0.497 e. The Bertz CT molecular complexity index is 532. The van der Waals surface area contributed by atoms with Crippen LogP contribution in [-0.2, 0) is 4.79 Å². The highest BCUT2D eigenvalue weighted by atomic mass is 32.2. The Labute approximate surface area is 109 Å². The molecule has 5 heteroatoms. The normalized spacial score (nSPS) is 17.5. The van der Waals surface area contributed by atoms with Gasteiger partial charge in [-0.3, -0.25) is 10.2 Å². The fourth-order valence-electron chi connectivity index (χ4n) is 1.42. The molecule has 1 saturated heterocycles. The molecule has 0 unspecified atom stereocenters. The van der Waals surface area contributed by atoms with Gasteiger partial charge in [-0.2, -0.15) is 0 Å². The molecule has 2 N–H and O–H groups in total. The van der Waals surface area contributed by atoms with Gasteiger partial charge in [-0.25, -0.2) is 0 Å². The van der Waals surface area contributed by atoms with Gasteiger partial charge in [0.25, 0.3) is 5.91 Å². The van der Waals surface area contributed by atoms with Crippen molar-refractivity contribution in [2.45, 2.75) is 0 Å². The summed E-state index contributed by atoms with van der Waals surface area (Å²) >= 11 is 1.13. The molecule has 0 radical (unpaired) electrons. The van der Waals surface area contributed by atoms with Crippen LogP contribution in [0.3, 0.4) is 0 Å². The zero-order chi connectivity index (χ0) is 13.0. The summed E-state index contributed by atoms with van der Waals surface area (Å²) in [6.07, 6.45) is 5.39. The number of amidine groups is 1. The van der Waals surface area contributed by atoms with Crippen LogP contribution in [0.15, 0.2) is 41.3 Å². The number of allylic oxidation sites excluding steroid dienone is 2. The van der Waals surface area contributed by atoms with Crippen molar-refractivity contribution in [3.63, 3.8) is 0 Å². The van der Waals surface area contributed by atoms with E-state index in [1.165, 1.54) is 0 Å². The summed E-state index contributed by atoms with van der Waals surface area (Å²) < 4.78 is 5.06. The van der Waals surface area contributed by atoms with Gasteiger partial charge in [-0.05, 0) is 35.5 Å². The molecule has 0 saturated carbocycles. The second-order valence-electron chi connectivity index (χ2n) is 3.55. The second kappa shape index (κ2) is 5.55. The van der Waals surface area contributed by atoms with Crippen LogP contribution in [0.1, 0.15) is 5.56 Å². The van der Waals surface area contributed by atoms with E-state index in [0.29, 0.717) is 4.91 Å². The van der Waals surface area contributed by atoms with E-state index in [4.69, 9.17) is 10.1 Å². The number of thioether (sulfide) groups is 1. The lowest BCUT2D eigenvalue weighted by Gasteiger charge is -1.98. The molecule has 0 spiro atoms. The summed E-state index contributed by atoms with van der Waals surface area (Å²) in [6.45, 7) is 0. The summed E-state index contributed by atoms with van der Waals surface area (Å²) in [6, 6.07) is 7.61. The molecule has 0 aromatic heterocycles. The van der Waals surface area contributed by atoms with Crippen molar-refractivity contribution in [2.24, 2.45) is 0 Å². The molecule has 0 aliphatic carbocycles. The van der Waals surface area contributed by atoms with Crippen LogP contribution >= 0.6 is 11.8 Å². The van der Waals surface area contributed by atoms with Crippen molar-refractivity contribution in [1.82, 2.24) is 5.32 Å². The second-order valence-corrected chi connectivity index (χ2v) is 4.60. The first-order chi connectivity index (χ1) is 8.69. The lowest BCUT2D eigenvalue weighted by molar-refractivity contribution is -0.115. The van der Waals surface area contributed by atoms with Crippen molar-refractivity contribution in [1.29, 1.82) is 5.41 Å². The number of ether oxygens (including phenoxy) is 1. The molecule has 18 heavy (non-hydrogen) atoms. The molecule has 1 fully saturated rings. The number of hydrogen-bond donors (Lipinski definition) is 2. The molecule has 2 rings (SSSR count). The summed E-state index contributed by atoms with van der Waals surface area (Å²) in [5.41, 5.74) is 1.02. The fraction of sp³-hybridized carbons (Fsp3) is 0.0769. The van der Waals surface area contributed by atoms with Gasteiger partial charge < -0.3 is 10.1 Å². The first kappa shape index (κ1) is 12.4. The molecule has 1 aromatic carbocycles. The summed E-state index contributed by atoms with van der Waals surface area (Å²) in [5.74, 6) is 0.592. The van der Waals surface area contributed by atoms with Crippen molar-refractivity contribution in [3.8, 4) is 5.75 Å². The van der Waals surface area contributed by atoms with Gasteiger partial charge in [0, 0.05) is 0 Å². The Kier molecular flexibility index (Phi) is 3.84. The summed E-state index contributed by atoms with van der Waals surface area (Å²) in [5, 5.41) is 9.90. The zero-order valence-electron chi connectivity index (χ0n) is 9.77. The van der Waals surface area contributed by atoms with Crippen molar-refractivity contribution < 1.29 is 9.53 Å². The fourth-order valence-corrected chi connectivity index (χ4v) is 2.07. The minimum absolute atomic E-state index is 0.170.